The topological polar surface area (TPSA) is 54.9 Å². The van der Waals surface area contributed by atoms with E-state index in [0.29, 0.717) is 25.7 Å². The lowest BCUT2D eigenvalue weighted by molar-refractivity contribution is 0.297. The van der Waals surface area contributed by atoms with Crippen LogP contribution in [0.5, 0.6) is 11.5 Å². The number of nitrogens with one attached hydrogen (secondary N) is 2. The molecular formula is C18H20BrN3O2. The second-order valence-electron chi connectivity index (χ2n) is 5.39. The smallest absolute Gasteiger partial charge is 0.195 e. The van der Waals surface area contributed by atoms with Crippen LogP contribution in [0.3, 0.4) is 0 Å². The maximum Gasteiger partial charge on any atom is 0.195 e. The fraction of sp³-hybridized carbons (Fsp3) is 0.278. The molecule has 126 valence electrons. The van der Waals surface area contributed by atoms with Crippen molar-refractivity contribution in [3.05, 3.63) is 52.5 Å². The largest absolute Gasteiger partial charge is 0.490 e. The zero-order valence-electron chi connectivity index (χ0n) is 13.5. The second-order valence-corrected chi connectivity index (χ2v) is 6.31. The van der Waals surface area contributed by atoms with Gasteiger partial charge in [-0.25, -0.2) is 0 Å². The van der Waals surface area contributed by atoms with Gasteiger partial charge in [-0.05, 0) is 29.8 Å². The van der Waals surface area contributed by atoms with Gasteiger partial charge in [-0.2, -0.15) is 0 Å². The molecule has 0 atom stereocenters. The molecule has 0 fully saturated rings. The van der Waals surface area contributed by atoms with Crippen molar-refractivity contribution in [3.8, 4) is 11.5 Å². The standard InChI is InChI=1S/C18H20BrN3O2/c1-20-18(21-12-13-4-2-5-14(19)10-13)22-15-6-7-16-17(11-15)24-9-3-8-23-16/h2,4-7,10-11H,3,8-9,12H2,1H3,(H2,20,21,22). The quantitative estimate of drug-likeness (QED) is 0.619. The summed E-state index contributed by atoms with van der Waals surface area (Å²) < 4.78 is 12.4. The molecule has 0 aliphatic carbocycles. The molecule has 5 nitrogen and oxygen atoms in total. The molecule has 1 aliphatic rings. The fourth-order valence-corrected chi connectivity index (χ4v) is 2.84. The summed E-state index contributed by atoms with van der Waals surface area (Å²) in [4.78, 5) is 4.26. The predicted molar refractivity (Wildman–Crippen MR) is 100 cm³/mol. The number of hydrogen-bond donors (Lipinski definition) is 2. The average Bonchev–Trinajstić information content (AvgIpc) is 2.83. The monoisotopic (exact) mass is 389 g/mol. The van der Waals surface area contributed by atoms with Gasteiger partial charge in [0.15, 0.2) is 17.5 Å². The minimum atomic E-state index is 0.673. The van der Waals surface area contributed by atoms with Gasteiger partial charge < -0.3 is 20.1 Å². The minimum absolute atomic E-state index is 0.673. The number of aliphatic imine (C=N–C) groups is 1. The van der Waals surface area contributed by atoms with Crippen molar-refractivity contribution in [1.29, 1.82) is 0 Å². The molecule has 0 radical (unpaired) electrons. The first kappa shape index (κ1) is 16.6. The van der Waals surface area contributed by atoms with Crippen molar-refractivity contribution in [3.63, 3.8) is 0 Å². The van der Waals surface area contributed by atoms with Crippen molar-refractivity contribution in [1.82, 2.24) is 5.32 Å². The first-order valence-corrected chi connectivity index (χ1v) is 8.65. The number of benzene rings is 2. The van der Waals surface area contributed by atoms with Crippen LogP contribution in [0.2, 0.25) is 0 Å². The summed E-state index contributed by atoms with van der Waals surface area (Å²) in [6.45, 7) is 2.05. The summed E-state index contributed by atoms with van der Waals surface area (Å²) in [5.74, 6) is 2.25. The van der Waals surface area contributed by atoms with Gasteiger partial charge >= 0.3 is 0 Å². The SMILES string of the molecule is CN=C(NCc1cccc(Br)c1)Nc1ccc2c(c1)OCCCO2. The van der Waals surface area contributed by atoms with Gasteiger partial charge in [0, 0.05) is 36.2 Å². The molecule has 0 amide bonds. The zero-order valence-corrected chi connectivity index (χ0v) is 15.1. The molecule has 3 rings (SSSR count). The highest BCUT2D eigenvalue weighted by Gasteiger charge is 2.11. The van der Waals surface area contributed by atoms with Gasteiger partial charge in [0.2, 0.25) is 0 Å². The molecule has 2 aromatic rings. The number of guanidine groups is 1. The molecule has 0 bridgehead atoms. The zero-order chi connectivity index (χ0) is 16.8. The molecule has 0 spiro atoms. The number of rotatable bonds is 3. The van der Waals surface area contributed by atoms with E-state index in [0.717, 1.165) is 28.1 Å². The number of anilines is 1. The van der Waals surface area contributed by atoms with Gasteiger partial charge in [-0.1, -0.05) is 28.1 Å². The van der Waals surface area contributed by atoms with E-state index in [1.165, 1.54) is 5.56 Å². The van der Waals surface area contributed by atoms with Gasteiger partial charge in [0.1, 0.15) is 0 Å². The van der Waals surface area contributed by atoms with Crippen LogP contribution in [0.25, 0.3) is 0 Å². The average molecular weight is 390 g/mol. The predicted octanol–water partition coefficient (Wildman–Crippen LogP) is 3.80. The normalized spacial score (nSPS) is 14.0. The number of halogens is 1. The summed E-state index contributed by atoms with van der Waals surface area (Å²) in [5, 5.41) is 6.58. The van der Waals surface area contributed by atoms with Crippen LogP contribution in [-0.4, -0.2) is 26.2 Å². The van der Waals surface area contributed by atoms with Crippen LogP contribution >= 0.6 is 15.9 Å². The van der Waals surface area contributed by atoms with E-state index in [1.54, 1.807) is 7.05 Å². The highest BCUT2D eigenvalue weighted by Crippen LogP contribution is 2.32. The highest BCUT2D eigenvalue weighted by molar-refractivity contribution is 9.10. The Hall–Kier alpha value is -2.21. The number of fused-ring (bicyclic) bond motifs is 1. The second kappa shape index (κ2) is 8.06. The van der Waals surface area contributed by atoms with Crippen LogP contribution in [0.4, 0.5) is 5.69 Å². The molecule has 1 aliphatic heterocycles. The van der Waals surface area contributed by atoms with Crippen molar-refractivity contribution in [2.45, 2.75) is 13.0 Å². The fourth-order valence-electron chi connectivity index (χ4n) is 2.39. The third-order valence-corrected chi connectivity index (χ3v) is 4.08. The van der Waals surface area contributed by atoms with Crippen molar-refractivity contribution >= 4 is 27.6 Å². The Balaban J connectivity index is 1.64. The summed E-state index contributed by atoms with van der Waals surface area (Å²) in [5.41, 5.74) is 2.08. The van der Waals surface area contributed by atoms with E-state index >= 15 is 0 Å². The molecule has 1 heterocycles. The Morgan fingerprint density at radius 3 is 2.75 bits per heavy atom. The molecule has 2 N–H and O–H groups in total. The maximum absolute atomic E-state index is 5.72. The van der Waals surface area contributed by atoms with E-state index in [1.807, 2.05) is 30.3 Å². The third-order valence-electron chi connectivity index (χ3n) is 3.58. The Morgan fingerprint density at radius 1 is 1.12 bits per heavy atom. The van der Waals surface area contributed by atoms with Gasteiger partial charge in [-0.3, -0.25) is 4.99 Å². The lowest BCUT2D eigenvalue weighted by Gasteiger charge is -2.14. The summed E-state index contributed by atoms with van der Waals surface area (Å²) in [6, 6.07) is 14.0. The van der Waals surface area contributed by atoms with Gasteiger partial charge in [-0.15, -0.1) is 0 Å². The van der Waals surface area contributed by atoms with E-state index < -0.39 is 0 Å². The molecule has 0 saturated heterocycles. The van der Waals surface area contributed by atoms with Crippen LogP contribution in [-0.2, 0) is 6.54 Å². The Labute approximate surface area is 150 Å². The van der Waals surface area contributed by atoms with Crippen molar-refractivity contribution in [2.75, 3.05) is 25.6 Å². The summed E-state index contributed by atoms with van der Waals surface area (Å²) >= 11 is 3.48. The Bertz CT molecular complexity index is 734. The van der Waals surface area contributed by atoms with Crippen molar-refractivity contribution < 1.29 is 9.47 Å². The van der Waals surface area contributed by atoms with Crippen LogP contribution < -0.4 is 20.1 Å². The lowest BCUT2D eigenvalue weighted by atomic mass is 10.2. The molecule has 0 aromatic heterocycles. The van der Waals surface area contributed by atoms with Crippen LogP contribution in [0.1, 0.15) is 12.0 Å². The molecule has 0 saturated carbocycles. The van der Waals surface area contributed by atoms with E-state index in [-0.39, 0.29) is 0 Å². The summed E-state index contributed by atoms with van der Waals surface area (Å²) in [7, 11) is 1.75. The molecule has 24 heavy (non-hydrogen) atoms. The van der Waals surface area contributed by atoms with Crippen molar-refractivity contribution in [2.24, 2.45) is 4.99 Å². The summed E-state index contributed by atoms with van der Waals surface area (Å²) in [6.07, 6.45) is 0.896. The van der Waals surface area contributed by atoms with Gasteiger partial charge in [0.25, 0.3) is 0 Å². The van der Waals surface area contributed by atoms with Gasteiger partial charge in [0.05, 0.1) is 13.2 Å². The highest BCUT2D eigenvalue weighted by atomic mass is 79.9. The maximum atomic E-state index is 5.72. The third kappa shape index (κ3) is 4.41. The van der Waals surface area contributed by atoms with E-state index in [2.05, 4.69) is 43.7 Å². The Morgan fingerprint density at radius 2 is 1.96 bits per heavy atom. The van der Waals surface area contributed by atoms with E-state index in [4.69, 9.17) is 9.47 Å². The lowest BCUT2D eigenvalue weighted by Crippen LogP contribution is -2.30. The Kier molecular flexibility index (Phi) is 5.59. The first-order valence-electron chi connectivity index (χ1n) is 7.86. The molecule has 6 heteroatoms. The number of nitrogens with zero attached hydrogens (tertiary/aromatic N) is 1. The number of hydrogen-bond acceptors (Lipinski definition) is 3. The first-order chi connectivity index (χ1) is 11.7. The van der Waals surface area contributed by atoms with Crippen LogP contribution in [0.15, 0.2) is 51.9 Å². The molecule has 0 unspecified atom stereocenters. The van der Waals surface area contributed by atoms with Crippen LogP contribution in [0, 0.1) is 0 Å². The molecular weight excluding hydrogens is 370 g/mol. The molecule has 2 aromatic carbocycles. The number of ether oxygens (including phenoxy) is 2. The van der Waals surface area contributed by atoms with E-state index in [9.17, 15) is 0 Å². The minimum Gasteiger partial charge on any atom is -0.490 e.